The van der Waals surface area contributed by atoms with Gasteiger partial charge in [-0.05, 0) is 25.7 Å². The number of nitrogens with one attached hydrogen (secondary N) is 1. The van der Waals surface area contributed by atoms with E-state index in [0.717, 1.165) is 12.1 Å². The van der Waals surface area contributed by atoms with E-state index in [1.807, 2.05) is 12.3 Å². The van der Waals surface area contributed by atoms with E-state index in [2.05, 4.69) is 12.2 Å². The molecule has 0 saturated heterocycles. The highest BCUT2D eigenvalue weighted by atomic mass is 32.1. The number of carbonyl (C=O) groups excluding carboxylic acids is 1. The molecular formula is C16H26N2O3S. The summed E-state index contributed by atoms with van der Waals surface area (Å²) in [5, 5.41) is 4.68. The number of carbonyl (C=O) groups is 1. The monoisotopic (exact) mass is 326 g/mol. The first-order valence-corrected chi connectivity index (χ1v) is 8.99. The van der Waals surface area contributed by atoms with Gasteiger partial charge in [-0.2, -0.15) is 0 Å². The fourth-order valence-corrected chi connectivity index (χ4v) is 3.67. The van der Waals surface area contributed by atoms with Gasteiger partial charge in [0, 0.05) is 30.6 Å². The van der Waals surface area contributed by atoms with Crippen molar-refractivity contribution < 1.29 is 9.53 Å². The van der Waals surface area contributed by atoms with Crippen LogP contribution in [0.2, 0.25) is 0 Å². The molecular weight excluding hydrogens is 300 g/mol. The van der Waals surface area contributed by atoms with E-state index in [4.69, 9.17) is 4.74 Å². The normalized spacial score (nSPS) is 21.7. The maximum Gasteiger partial charge on any atom is 0.307 e. The molecule has 124 valence electrons. The smallest absolute Gasteiger partial charge is 0.307 e. The highest BCUT2D eigenvalue weighted by Crippen LogP contribution is 2.25. The number of hydrogen-bond acceptors (Lipinski definition) is 4. The number of ether oxygens (including phenoxy) is 1. The SMILES string of the molecule is Cc1csc(=O)n1CCC(=O)NCCO[C@@H]1CCCC[C@H]1C. The van der Waals surface area contributed by atoms with Crippen molar-refractivity contribution in [2.24, 2.45) is 5.92 Å². The lowest BCUT2D eigenvalue weighted by Gasteiger charge is -2.28. The van der Waals surface area contributed by atoms with Gasteiger partial charge in [-0.25, -0.2) is 0 Å². The van der Waals surface area contributed by atoms with Gasteiger partial charge in [0.15, 0.2) is 0 Å². The van der Waals surface area contributed by atoms with Crippen LogP contribution >= 0.6 is 11.3 Å². The largest absolute Gasteiger partial charge is 0.376 e. The van der Waals surface area contributed by atoms with Gasteiger partial charge in [-0.1, -0.05) is 31.1 Å². The van der Waals surface area contributed by atoms with Crippen molar-refractivity contribution in [1.82, 2.24) is 9.88 Å². The lowest BCUT2D eigenvalue weighted by atomic mass is 9.88. The lowest BCUT2D eigenvalue weighted by molar-refractivity contribution is -0.121. The summed E-state index contributed by atoms with van der Waals surface area (Å²) in [6.45, 7) is 5.68. The predicted octanol–water partition coefficient (Wildman–Crippen LogP) is 2.32. The molecule has 1 saturated carbocycles. The Kier molecular flexibility index (Phi) is 6.64. The minimum atomic E-state index is -0.0298. The first-order valence-electron chi connectivity index (χ1n) is 8.11. The summed E-state index contributed by atoms with van der Waals surface area (Å²) in [7, 11) is 0. The Hall–Kier alpha value is -1.14. The summed E-state index contributed by atoms with van der Waals surface area (Å²) in [5.41, 5.74) is 0.914. The van der Waals surface area contributed by atoms with Crippen LogP contribution < -0.4 is 10.2 Å². The molecule has 2 rings (SSSR count). The average molecular weight is 326 g/mol. The minimum Gasteiger partial charge on any atom is -0.376 e. The first kappa shape index (κ1) is 17.2. The summed E-state index contributed by atoms with van der Waals surface area (Å²) in [4.78, 5) is 23.3. The number of amides is 1. The molecule has 0 bridgehead atoms. The van der Waals surface area contributed by atoms with E-state index in [1.165, 1.54) is 30.6 Å². The van der Waals surface area contributed by atoms with Crippen molar-refractivity contribution in [3.8, 4) is 0 Å². The van der Waals surface area contributed by atoms with Crippen LogP contribution in [-0.4, -0.2) is 29.7 Å². The number of thiazole rings is 1. The Morgan fingerprint density at radius 1 is 1.45 bits per heavy atom. The van der Waals surface area contributed by atoms with E-state index in [-0.39, 0.29) is 10.8 Å². The molecule has 1 fully saturated rings. The number of nitrogens with zero attached hydrogens (tertiary/aromatic N) is 1. The summed E-state index contributed by atoms with van der Waals surface area (Å²) >= 11 is 1.18. The number of aromatic nitrogens is 1. The Labute approximate surface area is 135 Å². The topological polar surface area (TPSA) is 60.3 Å². The second-order valence-electron chi connectivity index (χ2n) is 6.07. The Balaban J connectivity index is 1.61. The van der Waals surface area contributed by atoms with Gasteiger partial charge in [0.2, 0.25) is 5.91 Å². The Bertz CT molecular complexity index is 538. The third-order valence-corrected chi connectivity index (χ3v) is 5.21. The molecule has 1 N–H and O–H groups in total. The van der Waals surface area contributed by atoms with E-state index in [9.17, 15) is 9.59 Å². The van der Waals surface area contributed by atoms with Crippen LogP contribution in [0.15, 0.2) is 10.2 Å². The molecule has 22 heavy (non-hydrogen) atoms. The van der Waals surface area contributed by atoms with E-state index >= 15 is 0 Å². The standard InChI is InChI=1S/C16H26N2O3S/c1-12-5-3-4-6-14(12)21-10-8-17-15(19)7-9-18-13(2)11-22-16(18)20/h11-12,14H,3-10H2,1-2H3,(H,17,19)/t12-,14-/m1/s1. The summed E-state index contributed by atoms with van der Waals surface area (Å²) in [5.74, 6) is 0.593. The third kappa shape index (κ3) is 4.95. The number of hydrogen-bond donors (Lipinski definition) is 1. The van der Waals surface area contributed by atoms with Gasteiger partial charge in [-0.15, -0.1) is 0 Å². The van der Waals surface area contributed by atoms with Crippen LogP contribution in [0.3, 0.4) is 0 Å². The Morgan fingerprint density at radius 3 is 2.91 bits per heavy atom. The highest BCUT2D eigenvalue weighted by Gasteiger charge is 2.21. The van der Waals surface area contributed by atoms with Crippen molar-refractivity contribution in [3.63, 3.8) is 0 Å². The molecule has 0 radical (unpaired) electrons. The van der Waals surface area contributed by atoms with Gasteiger partial charge in [0.05, 0.1) is 12.7 Å². The zero-order valence-electron chi connectivity index (χ0n) is 13.5. The van der Waals surface area contributed by atoms with Crippen LogP contribution in [0.1, 0.15) is 44.7 Å². The van der Waals surface area contributed by atoms with E-state index in [0.29, 0.717) is 38.1 Å². The maximum atomic E-state index is 11.8. The van der Waals surface area contributed by atoms with Crippen LogP contribution in [0.4, 0.5) is 0 Å². The van der Waals surface area contributed by atoms with Crippen molar-refractivity contribution >= 4 is 17.2 Å². The molecule has 1 heterocycles. The van der Waals surface area contributed by atoms with Crippen molar-refractivity contribution in [3.05, 3.63) is 20.7 Å². The van der Waals surface area contributed by atoms with Gasteiger partial charge in [-0.3, -0.25) is 9.59 Å². The van der Waals surface area contributed by atoms with Crippen molar-refractivity contribution in [2.45, 2.75) is 58.6 Å². The third-order valence-electron chi connectivity index (χ3n) is 4.33. The predicted molar refractivity (Wildman–Crippen MR) is 88.3 cm³/mol. The fourth-order valence-electron chi connectivity index (χ4n) is 2.91. The highest BCUT2D eigenvalue weighted by molar-refractivity contribution is 7.07. The van der Waals surface area contributed by atoms with E-state index in [1.54, 1.807) is 4.57 Å². The Morgan fingerprint density at radius 2 is 2.23 bits per heavy atom. The summed E-state index contributed by atoms with van der Waals surface area (Å²) in [6.07, 6.45) is 5.60. The molecule has 0 aromatic carbocycles. The number of rotatable bonds is 7. The molecule has 1 aromatic rings. The second kappa shape index (κ2) is 8.48. The van der Waals surface area contributed by atoms with Gasteiger partial charge < -0.3 is 14.6 Å². The molecule has 0 unspecified atom stereocenters. The molecule has 0 spiro atoms. The molecule has 1 aliphatic carbocycles. The summed E-state index contributed by atoms with van der Waals surface area (Å²) < 4.78 is 7.51. The van der Waals surface area contributed by atoms with Crippen LogP contribution in [0, 0.1) is 12.8 Å². The van der Waals surface area contributed by atoms with Crippen molar-refractivity contribution in [1.29, 1.82) is 0 Å². The van der Waals surface area contributed by atoms with Crippen LogP contribution in [0.25, 0.3) is 0 Å². The lowest BCUT2D eigenvalue weighted by Crippen LogP contribution is -2.32. The van der Waals surface area contributed by atoms with Crippen LogP contribution in [-0.2, 0) is 16.1 Å². The van der Waals surface area contributed by atoms with Gasteiger partial charge >= 0.3 is 4.87 Å². The molecule has 1 aliphatic rings. The summed E-state index contributed by atoms with van der Waals surface area (Å²) in [6, 6.07) is 0. The zero-order chi connectivity index (χ0) is 15.9. The zero-order valence-corrected chi connectivity index (χ0v) is 14.3. The second-order valence-corrected chi connectivity index (χ2v) is 6.89. The molecule has 0 aliphatic heterocycles. The average Bonchev–Trinajstić information content (AvgIpc) is 2.82. The quantitative estimate of drug-likeness (QED) is 0.782. The number of aryl methyl sites for hydroxylation is 1. The maximum absolute atomic E-state index is 11.8. The molecule has 2 atom stereocenters. The molecule has 6 heteroatoms. The molecule has 5 nitrogen and oxygen atoms in total. The molecule has 1 amide bonds. The van der Waals surface area contributed by atoms with Crippen LogP contribution in [0.5, 0.6) is 0 Å². The van der Waals surface area contributed by atoms with E-state index < -0.39 is 0 Å². The minimum absolute atomic E-state index is 0.0000746. The first-order chi connectivity index (χ1) is 10.6. The van der Waals surface area contributed by atoms with Crippen molar-refractivity contribution in [2.75, 3.05) is 13.2 Å². The van der Waals surface area contributed by atoms with Gasteiger partial charge in [0.1, 0.15) is 0 Å². The van der Waals surface area contributed by atoms with Gasteiger partial charge in [0.25, 0.3) is 0 Å². The molecule has 1 aromatic heterocycles. The fraction of sp³-hybridized carbons (Fsp3) is 0.750.